The molecule has 0 radical (unpaired) electrons. The minimum absolute atomic E-state index is 0.0280. The predicted octanol–water partition coefficient (Wildman–Crippen LogP) is -0.838. The second-order valence-corrected chi connectivity index (χ2v) is 6.24. The van der Waals surface area contributed by atoms with Crippen molar-refractivity contribution in [1.29, 1.82) is 0 Å². The van der Waals surface area contributed by atoms with Crippen molar-refractivity contribution >= 4 is 9.84 Å². The summed E-state index contributed by atoms with van der Waals surface area (Å²) in [5.74, 6) is 0.265. The van der Waals surface area contributed by atoms with Crippen molar-refractivity contribution in [1.82, 2.24) is 5.32 Å². The summed E-state index contributed by atoms with van der Waals surface area (Å²) in [6, 6.07) is 0. The van der Waals surface area contributed by atoms with E-state index in [1.807, 2.05) is 0 Å². The maximum absolute atomic E-state index is 11.5. The van der Waals surface area contributed by atoms with Gasteiger partial charge >= 0.3 is 0 Å². The molecule has 0 spiro atoms. The van der Waals surface area contributed by atoms with E-state index in [9.17, 15) is 13.5 Å². The van der Waals surface area contributed by atoms with Crippen LogP contribution in [0.25, 0.3) is 0 Å². The molecule has 1 saturated heterocycles. The third-order valence-corrected chi connectivity index (χ3v) is 4.62. The van der Waals surface area contributed by atoms with E-state index in [0.717, 1.165) is 0 Å². The van der Waals surface area contributed by atoms with Gasteiger partial charge in [0.05, 0.1) is 30.3 Å². The average molecular weight is 237 g/mol. The first-order chi connectivity index (χ1) is 7.04. The molecule has 6 heteroatoms. The lowest BCUT2D eigenvalue weighted by Gasteiger charge is -2.36. The Hall–Kier alpha value is -0.170. The van der Waals surface area contributed by atoms with Gasteiger partial charge in [0, 0.05) is 13.7 Å². The van der Waals surface area contributed by atoms with Gasteiger partial charge in [-0.15, -0.1) is 0 Å². The lowest BCUT2D eigenvalue weighted by atomic mass is 9.96. The van der Waals surface area contributed by atoms with Crippen LogP contribution < -0.4 is 5.32 Å². The number of hydrogen-bond donors (Lipinski definition) is 2. The number of methoxy groups -OCH3 is 1. The van der Waals surface area contributed by atoms with Crippen LogP contribution in [0.3, 0.4) is 0 Å². The summed E-state index contributed by atoms with van der Waals surface area (Å²) >= 11 is 0. The van der Waals surface area contributed by atoms with Gasteiger partial charge in [-0.1, -0.05) is 0 Å². The number of aliphatic hydroxyl groups is 1. The van der Waals surface area contributed by atoms with Gasteiger partial charge < -0.3 is 15.2 Å². The lowest BCUT2D eigenvalue weighted by Crippen LogP contribution is -2.57. The fourth-order valence-corrected chi connectivity index (χ4v) is 3.84. The second-order valence-electron chi connectivity index (χ2n) is 4.05. The van der Waals surface area contributed by atoms with Gasteiger partial charge in [0.2, 0.25) is 0 Å². The molecule has 0 bridgehead atoms. The highest BCUT2D eigenvalue weighted by molar-refractivity contribution is 7.91. The van der Waals surface area contributed by atoms with E-state index < -0.39 is 15.4 Å². The molecule has 2 N–H and O–H groups in total. The topological polar surface area (TPSA) is 75.6 Å². The van der Waals surface area contributed by atoms with E-state index >= 15 is 0 Å². The first-order valence-corrected chi connectivity index (χ1v) is 6.91. The molecule has 0 aliphatic carbocycles. The lowest BCUT2D eigenvalue weighted by molar-refractivity contribution is 0.140. The van der Waals surface area contributed by atoms with Gasteiger partial charge in [-0.2, -0.15) is 0 Å². The summed E-state index contributed by atoms with van der Waals surface area (Å²) in [5.41, 5.74) is -0.657. The summed E-state index contributed by atoms with van der Waals surface area (Å²) in [7, 11) is -1.41. The third kappa shape index (κ3) is 3.71. The molecule has 0 aromatic rings. The molecule has 0 aromatic carbocycles. The molecule has 90 valence electrons. The predicted molar refractivity (Wildman–Crippen MR) is 57.6 cm³/mol. The quantitative estimate of drug-likeness (QED) is 0.610. The molecule has 1 fully saturated rings. The van der Waals surface area contributed by atoms with Gasteiger partial charge in [-0.3, -0.25) is 0 Å². The minimum atomic E-state index is -3.00. The molecule has 1 atom stereocenters. The summed E-state index contributed by atoms with van der Waals surface area (Å²) in [6.07, 6.45) is 1.31. The molecule has 0 saturated carbocycles. The van der Waals surface area contributed by atoms with Crippen LogP contribution in [0.1, 0.15) is 12.8 Å². The molecule has 5 nitrogen and oxygen atoms in total. The summed E-state index contributed by atoms with van der Waals surface area (Å²) in [5, 5.41) is 12.4. The average Bonchev–Trinajstić information content (AvgIpc) is 2.17. The van der Waals surface area contributed by atoms with Crippen molar-refractivity contribution in [2.75, 3.05) is 38.4 Å². The van der Waals surface area contributed by atoms with Crippen LogP contribution in [0.4, 0.5) is 0 Å². The molecule has 0 aromatic heterocycles. The Balaban J connectivity index is 2.59. The zero-order valence-corrected chi connectivity index (χ0v) is 9.85. The Morgan fingerprint density at radius 2 is 2.27 bits per heavy atom. The van der Waals surface area contributed by atoms with Crippen molar-refractivity contribution in [2.24, 2.45) is 0 Å². The van der Waals surface area contributed by atoms with Crippen molar-refractivity contribution in [3.63, 3.8) is 0 Å². The van der Waals surface area contributed by atoms with Crippen LogP contribution in [0.5, 0.6) is 0 Å². The van der Waals surface area contributed by atoms with Crippen LogP contribution in [0.2, 0.25) is 0 Å². The first kappa shape index (κ1) is 12.9. The van der Waals surface area contributed by atoms with Gasteiger partial charge in [0.1, 0.15) is 0 Å². The largest absolute Gasteiger partial charge is 0.394 e. The van der Waals surface area contributed by atoms with Crippen molar-refractivity contribution in [2.45, 2.75) is 18.4 Å². The molecule has 1 rings (SSSR count). The highest BCUT2D eigenvalue weighted by Gasteiger charge is 2.37. The molecular weight excluding hydrogens is 218 g/mol. The Bertz CT molecular complexity index is 290. The van der Waals surface area contributed by atoms with E-state index in [2.05, 4.69) is 5.32 Å². The Labute approximate surface area is 90.7 Å². The number of aliphatic hydroxyl groups excluding tert-OH is 1. The third-order valence-electron chi connectivity index (χ3n) is 2.72. The smallest absolute Gasteiger partial charge is 0.152 e. The zero-order chi connectivity index (χ0) is 11.4. The van der Waals surface area contributed by atoms with Gasteiger partial charge in [-0.05, 0) is 12.8 Å². The number of ether oxygens (including phenoxy) is 1. The molecule has 1 heterocycles. The maximum atomic E-state index is 11.5. The standard InChI is InChI=1S/C9H19NO4S/c1-14-5-4-10-9(7-11)3-2-6-15(12,13)8-9/h10-11H,2-8H2,1H3. The van der Waals surface area contributed by atoms with Crippen LogP contribution >= 0.6 is 0 Å². The van der Waals surface area contributed by atoms with Crippen molar-refractivity contribution < 1.29 is 18.3 Å². The van der Waals surface area contributed by atoms with Crippen LogP contribution in [0, 0.1) is 0 Å². The number of sulfone groups is 1. The van der Waals surface area contributed by atoms with Crippen molar-refractivity contribution in [3.8, 4) is 0 Å². The molecule has 1 aliphatic heterocycles. The summed E-state index contributed by atoms with van der Waals surface area (Å²) < 4.78 is 27.8. The molecule has 1 aliphatic rings. The molecule has 0 amide bonds. The van der Waals surface area contributed by atoms with Crippen LogP contribution in [0.15, 0.2) is 0 Å². The Morgan fingerprint density at radius 1 is 1.53 bits per heavy atom. The summed E-state index contributed by atoms with van der Waals surface area (Å²) in [4.78, 5) is 0. The molecule has 15 heavy (non-hydrogen) atoms. The SMILES string of the molecule is COCCNC1(CO)CCCS(=O)(=O)C1. The maximum Gasteiger partial charge on any atom is 0.152 e. The highest BCUT2D eigenvalue weighted by Crippen LogP contribution is 2.22. The normalized spacial score (nSPS) is 30.3. The minimum Gasteiger partial charge on any atom is -0.394 e. The highest BCUT2D eigenvalue weighted by atomic mass is 32.2. The van der Waals surface area contributed by atoms with E-state index in [0.29, 0.717) is 26.0 Å². The second kappa shape index (κ2) is 5.25. The van der Waals surface area contributed by atoms with Gasteiger partial charge in [0.25, 0.3) is 0 Å². The summed E-state index contributed by atoms with van der Waals surface area (Å²) in [6.45, 7) is 0.935. The van der Waals surface area contributed by atoms with E-state index in [1.54, 1.807) is 7.11 Å². The van der Waals surface area contributed by atoms with Gasteiger partial charge in [0.15, 0.2) is 9.84 Å². The zero-order valence-electron chi connectivity index (χ0n) is 9.03. The van der Waals surface area contributed by atoms with E-state index in [-0.39, 0.29) is 18.1 Å². The first-order valence-electron chi connectivity index (χ1n) is 5.09. The number of nitrogens with one attached hydrogen (secondary N) is 1. The van der Waals surface area contributed by atoms with E-state index in [1.165, 1.54) is 0 Å². The number of hydrogen-bond acceptors (Lipinski definition) is 5. The number of rotatable bonds is 5. The van der Waals surface area contributed by atoms with E-state index in [4.69, 9.17) is 4.74 Å². The molecule has 1 unspecified atom stereocenters. The van der Waals surface area contributed by atoms with Crippen LogP contribution in [-0.2, 0) is 14.6 Å². The Kier molecular flexibility index (Phi) is 4.51. The van der Waals surface area contributed by atoms with Crippen molar-refractivity contribution in [3.05, 3.63) is 0 Å². The fourth-order valence-electron chi connectivity index (χ4n) is 1.93. The monoisotopic (exact) mass is 237 g/mol. The fraction of sp³-hybridized carbons (Fsp3) is 1.00. The van der Waals surface area contributed by atoms with Gasteiger partial charge in [-0.25, -0.2) is 8.42 Å². The van der Waals surface area contributed by atoms with Crippen LogP contribution in [-0.4, -0.2) is 57.4 Å². The Morgan fingerprint density at radius 3 is 2.80 bits per heavy atom. The molecular formula is C9H19NO4S.